The molecule has 0 spiro atoms. The predicted octanol–water partition coefficient (Wildman–Crippen LogP) is 3.98. The molecule has 21 heavy (non-hydrogen) atoms. The fraction of sp³-hybridized carbons (Fsp3) is 0.0667. The molecule has 0 saturated carbocycles. The van der Waals surface area contributed by atoms with Gasteiger partial charge in [-0.15, -0.1) is 0 Å². The van der Waals surface area contributed by atoms with Crippen LogP contribution < -0.4 is 5.32 Å². The van der Waals surface area contributed by atoms with Crippen LogP contribution in [0.2, 0.25) is 5.02 Å². The van der Waals surface area contributed by atoms with Crippen molar-refractivity contribution >= 4 is 45.1 Å². The highest BCUT2D eigenvalue weighted by Gasteiger charge is 2.10. The van der Waals surface area contributed by atoms with Crippen LogP contribution in [0.1, 0.15) is 15.9 Å². The lowest BCUT2D eigenvalue weighted by atomic mass is 10.1. The summed E-state index contributed by atoms with van der Waals surface area (Å²) in [6.07, 6.45) is 0.228. The van der Waals surface area contributed by atoms with E-state index >= 15 is 0 Å². The average Bonchev–Trinajstić information content (AvgIpc) is 2.41. The van der Waals surface area contributed by atoms with E-state index in [9.17, 15) is 9.59 Å². The number of nitrogens with one attached hydrogen (secondary N) is 1. The van der Waals surface area contributed by atoms with Crippen molar-refractivity contribution in [2.75, 3.05) is 5.32 Å². The number of rotatable bonds is 4. The Kier molecular flexibility index (Phi) is 4.98. The largest absolute Gasteiger partial charge is 0.478 e. The predicted molar refractivity (Wildman–Crippen MR) is 84.9 cm³/mol. The number of carboxylic acids is 1. The summed E-state index contributed by atoms with van der Waals surface area (Å²) in [6.45, 7) is 0. The second-order valence-electron chi connectivity index (χ2n) is 4.35. The Morgan fingerprint density at radius 2 is 1.81 bits per heavy atom. The molecule has 6 heteroatoms. The molecule has 0 aliphatic rings. The molecule has 0 aromatic heterocycles. The van der Waals surface area contributed by atoms with E-state index in [0.29, 0.717) is 5.69 Å². The van der Waals surface area contributed by atoms with Gasteiger partial charge in [-0.3, -0.25) is 4.79 Å². The lowest BCUT2D eigenvalue weighted by molar-refractivity contribution is -0.115. The molecule has 0 bridgehead atoms. The smallest absolute Gasteiger partial charge is 0.337 e. The van der Waals surface area contributed by atoms with Gasteiger partial charge in [-0.2, -0.15) is 0 Å². The number of carbonyl (C=O) groups excluding carboxylic acids is 1. The Morgan fingerprint density at radius 3 is 2.38 bits per heavy atom. The molecule has 2 aromatic rings. The van der Waals surface area contributed by atoms with Crippen LogP contribution in [-0.4, -0.2) is 17.0 Å². The van der Waals surface area contributed by atoms with E-state index < -0.39 is 5.97 Å². The number of amides is 1. The molecule has 0 aliphatic heterocycles. The van der Waals surface area contributed by atoms with E-state index in [4.69, 9.17) is 16.7 Å². The maximum atomic E-state index is 11.9. The fourth-order valence-electron chi connectivity index (χ4n) is 1.76. The number of carboxylic acid groups (broad SMARTS) is 1. The Balaban J connectivity index is 2.04. The van der Waals surface area contributed by atoms with Crippen LogP contribution >= 0.6 is 27.5 Å². The zero-order valence-corrected chi connectivity index (χ0v) is 13.1. The first kappa shape index (κ1) is 15.5. The van der Waals surface area contributed by atoms with Crippen molar-refractivity contribution in [3.8, 4) is 0 Å². The second-order valence-corrected chi connectivity index (χ2v) is 5.67. The second kappa shape index (κ2) is 6.74. The monoisotopic (exact) mass is 367 g/mol. The van der Waals surface area contributed by atoms with Crippen molar-refractivity contribution in [1.29, 1.82) is 0 Å². The quantitative estimate of drug-likeness (QED) is 0.858. The van der Waals surface area contributed by atoms with Gasteiger partial charge in [-0.1, -0.05) is 39.7 Å². The molecule has 0 fully saturated rings. The number of halogens is 2. The third-order valence-corrected chi connectivity index (χ3v) is 3.60. The van der Waals surface area contributed by atoms with E-state index in [1.54, 1.807) is 0 Å². The highest BCUT2D eigenvalue weighted by atomic mass is 79.9. The van der Waals surface area contributed by atoms with Crippen LogP contribution in [0.3, 0.4) is 0 Å². The minimum atomic E-state index is -1.10. The minimum absolute atomic E-state index is 0.00238. The summed E-state index contributed by atoms with van der Waals surface area (Å²) in [5.74, 6) is -1.30. The number of hydrogen-bond donors (Lipinski definition) is 2. The van der Waals surface area contributed by atoms with Crippen LogP contribution in [0, 0.1) is 0 Å². The van der Waals surface area contributed by atoms with Gasteiger partial charge in [0.25, 0.3) is 0 Å². The summed E-state index contributed by atoms with van der Waals surface area (Å²) < 4.78 is 0.947. The lowest BCUT2D eigenvalue weighted by Gasteiger charge is -2.07. The molecule has 0 aliphatic carbocycles. The molecule has 0 radical (unpaired) electrons. The van der Waals surface area contributed by atoms with E-state index in [1.165, 1.54) is 18.2 Å². The van der Waals surface area contributed by atoms with Gasteiger partial charge in [0.2, 0.25) is 5.91 Å². The molecular formula is C15H11BrClNO3. The third-order valence-electron chi connectivity index (χ3n) is 2.76. The third kappa shape index (κ3) is 4.31. The maximum absolute atomic E-state index is 11.9. The van der Waals surface area contributed by atoms with Crippen LogP contribution in [0.5, 0.6) is 0 Å². The Labute approximate surface area is 134 Å². The summed E-state index contributed by atoms with van der Waals surface area (Å²) in [4.78, 5) is 22.8. The van der Waals surface area contributed by atoms with E-state index in [2.05, 4.69) is 21.2 Å². The summed E-state index contributed by atoms with van der Waals surface area (Å²) >= 11 is 9.18. The van der Waals surface area contributed by atoms with Gasteiger partial charge in [0.15, 0.2) is 0 Å². The number of benzene rings is 2. The Hall–Kier alpha value is -1.85. The van der Waals surface area contributed by atoms with Crippen molar-refractivity contribution in [2.24, 2.45) is 0 Å². The number of aromatic carboxylic acids is 1. The lowest BCUT2D eigenvalue weighted by Crippen LogP contribution is -2.14. The van der Waals surface area contributed by atoms with Crippen LogP contribution in [0.4, 0.5) is 5.69 Å². The summed E-state index contributed by atoms with van der Waals surface area (Å²) in [6, 6.07) is 11.7. The molecule has 108 valence electrons. The highest BCUT2D eigenvalue weighted by molar-refractivity contribution is 9.10. The van der Waals surface area contributed by atoms with Gasteiger partial charge in [-0.05, 0) is 35.9 Å². The van der Waals surface area contributed by atoms with Gasteiger partial charge in [0, 0.05) is 10.2 Å². The number of hydrogen-bond acceptors (Lipinski definition) is 2. The topological polar surface area (TPSA) is 66.4 Å². The van der Waals surface area contributed by atoms with Gasteiger partial charge >= 0.3 is 5.97 Å². The standard InChI is InChI=1S/C15H11BrClNO3/c16-10-3-1-9(2-4-10)7-14(19)18-11-5-6-12(15(20)21)13(17)8-11/h1-6,8H,7H2,(H,18,19)(H,20,21). The molecule has 1 amide bonds. The van der Waals surface area contributed by atoms with Gasteiger partial charge < -0.3 is 10.4 Å². The van der Waals surface area contributed by atoms with Crippen LogP contribution in [0.15, 0.2) is 46.9 Å². The van der Waals surface area contributed by atoms with Crippen LogP contribution in [0.25, 0.3) is 0 Å². The van der Waals surface area contributed by atoms with E-state index in [-0.39, 0.29) is 22.9 Å². The maximum Gasteiger partial charge on any atom is 0.337 e. The molecule has 0 heterocycles. The van der Waals surface area contributed by atoms with Crippen molar-refractivity contribution < 1.29 is 14.7 Å². The van der Waals surface area contributed by atoms with Crippen LogP contribution in [-0.2, 0) is 11.2 Å². The summed E-state index contributed by atoms with van der Waals surface area (Å²) in [5, 5.41) is 11.7. The normalized spacial score (nSPS) is 10.2. The first-order valence-corrected chi connectivity index (χ1v) is 7.20. The number of carbonyl (C=O) groups is 2. The van der Waals surface area contributed by atoms with Crippen molar-refractivity contribution in [2.45, 2.75) is 6.42 Å². The molecule has 2 N–H and O–H groups in total. The van der Waals surface area contributed by atoms with Crippen molar-refractivity contribution in [1.82, 2.24) is 0 Å². The Bertz CT molecular complexity index is 686. The van der Waals surface area contributed by atoms with Crippen molar-refractivity contribution in [3.63, 3.8) is 0 Å². The Morgan fingerprint density at radius 1 is 1.14 bits per heavy atom. The first-order valence-electron chi connectivity index (χ1n) is 6.03. The van der Waals surface area contributed by atoms with E-state index in [1.807, 2.05) is 24.3 Å². The SMILES string of the molecule is O=C(Cc1ccc(Br)cc1)Nc1ccc(C(=O)O)c(Cl)c1. The number of anilines is 1. The first-order chi connectivity index (χ1) is 9.95. The summed E-state index contributed by atoms with van der Waals surface area (Å²) in [5.41, 5.74) is 1.35. The fourth-order valence-corrected chi connectivity index (χ4v) is 2.28. The van der Waals surface area contributed by atoms with E-state index in [0.717, 1.165) is 10.0 Å². The molecule has 2 aromatic carbocycles. The molecule has 0 atom stereocenters. The minimum Gasteiger partial charge on any atom is -0.478 e. The van der Waals surface area contributed by atoms with Gasteiger partial charge in [0.05, 0.1) is 17.0 Å². The zero-order valence-electron chi connectivity index (χ0n) is 10.8. The summed E-state index contributed by atoms with van der Waals surface area (Å²) in [7, 11) is 0. The van der Waals surface area contributed by atoms with Gasteiger partial charge in [0.1, 0.15) is 0 Å². The molecular weight excluding hydrogens is 358 g/mol. The molecule has 0 unspecified atom stereocenters. The van der Waals surface area contributed by atoms with Gasteiger partial charge in [-0.25, -0.2) is 4.79 Å². The molecule has 0 saturated heterocycles. The average molecular weight is 369 g/mol. The molecule has 4 nitrogen and oxygen atoms in total. The molecule has 2 rings (SSSR count). The highest BCUT2D eigenvalue weighted by Crippen LogP contribution is 2.21. The zero-order chi connectivity index (χ0) is 15.4. The van der Waals surface area contributed by atoms with Crippen molar-refractivity contribution in [3.05, 3.63) is 63.1 Å².